The van der Waals surface area contributed by atoms with Gasteiger partial charge in [0.1, 0.15) is 11.9 Å². The van der Waals surface area contributed by atoms with Crippen LogP contribution in [0.3, 0.4) is 0 Å². The average Bonchev–Trinajstić information content (AvgIpc) is 3.10. The Morgan fingerprint density at radius 2 is 1.79 bits per heavy atom. The predicted molar refractivity (Wildman–Crippen MR) is 111 cm³/mol. The molecule has 0 fully saturated rings. The lowest BCUT2D eigenvalue weighted by molar-refractivity contribution is -0.136. The molecule has 3 nitrogen and oxygen atoms in total. The van der Waals surface area contributed by atoms with E-state index in [1.807, 2.05) is 12.1 Å². The number of ether oxygens (including phenoxy) is 1. The van der Waals surface area contributed by atoms with Gasteiger partial charge in [-0.25, -0.2) is 0 Å². The average molecular weight is 372 g/mol. The van der Waals surface area contributed by atoms with Crippen LogP contribution in [-0.4, -0.2) is 11.1 Å². The summed E-state index contributed by atoms with van der Waals surface area (Å²) in [6.07, 6.45) is 1.51. The van der Waals surface area contributed by atoms with Gasteiger partial charge in [-0.2, -0.15) is 0 Å². The number of aliphatic carboxylic acids is 1. The van der Waals surface area contributed by atoms with Crippen molar-refractivity contribution < 1.29 is 14.6 Å². The van der Waals surface area contributed by atoms with Crippen molar-refractivity contribution in [1.82, 2.24) is 0 Å². The van der Waals surface area contributed by atoms with E-state index in [0.29, 0.717) is 6.42 Å². The Kier molecular flexibility index (Phi) is 4.91. The Hall–Kier alpha value is -3.07. The second-order valence-corrected chi connectivity index (χ2v) is 7.54. The van der Waals surface area contributed by atoms with Crippen LogP contribution >= 0.6 is 0 Å². The highest BCUT2D eigenvalue weighted by molar-refractivity contribution is 5.71. The molecule has 0 amide bonds. The van der Waals surface area contributed by atoms with Crippen LogP contribution in [0.15, 0.2) is 60.7 Å². The van der Waals surface area contributed by atoms with Crippen molar-refractivity contribution in [3.63, 3.8) is 0 Å². The lowest BCUT2D eigenvalue weighted by Gasteiger charge is -2.15. The molecule has 1 unspecified atom stereocenters. The Bertz CT molecular complexity index is 1020. The monoisotopic (exact) mass is 372 g/mol. The quantitative estimate of drug-likeness (QED) is 0.628. The first-order valence-electron chi connectivity index (χ1n) is 9.68. The zero-order valence-corrected chi connectivity index (χ0v) is 16.2. The zero-order valence-electron chi connectivity index (χ0n) is 16.2. The number of carboxylic acid groups (broad SMARTS) is 1. The molecular formula is C25H24O3. The van der Waals surface area contributed by atoms with E-state index in [0.717, 1.165) is 23.3 Å². The van der Waals surface area contributed by atoms with Gasteiger partial charge in [0.2, 0.25) is 0 Å². The molecule has 0 saturated carbocycles. The summed E-state index contributed by atoms with van der Waals surface area (Å²) in [6, 6.07) is 21.0. The molecule has 1 atom stereocenters. The minimum absolute atomic E-state index is 0.00556. The van der Waals surface area contributed by atoms with E-state index in [9.17, 15) is 4.79 Å². The molecule has 0 radical (unpaired) electrons. The lowest BCUT2D eigenvalue weighted by atomic mass is 9.93. The van der Waals surface area contributed by atoms with Gasteiger partial charge in [0.15, 0.2) is 0 Å². The number of benzene rings is 3. The normalized spacial score (nSPS) is 15.1. The number of aryl methyl sites for hydroxylation is 3. The minimum atomic E-state index is -0.766. The van der Waals surface area contributed by atoms with Crippen LogP contribution < -0.4 is 4.74 Å². The Labute approximate surface area is 165 Å². The maximum absolute atomic E-state index is 10.8. The van der Waals surface area contributed by atoms with Gasteiger partial charge in [0, 0.05) is 12.8 Å². The van der Waals surface area contributed by atoms with Gasteiger partial charge in [0.05, 0.1) is 0 Å². The Morgan fingerprint density at radius 3 is 2.54 bits per heavy atom. The predicted octanol–water partition coefficient (Wildman–Crippen LogP) is 5.66. The molecular weight excluding hydrogens is 348 g/mol. The van der Waals surface area contributed by atoms with Crippen molar-refractivity contribution in [1.29, 1.82) is 0 Å². The number of carbonyl (C=O) groups is 1. The molecule has 142 valence electrons. The molecule has 0 aliphatic carbocycles. The fourth-order valence-electron chi connectivity index (χ4n) is 4.06. The Balaban J connectivity index is 1.58. The first-order chi connectivity index (χ1) is 13.5. The molecule has 1 N–H and O–H groups in total. The van der Waals surface area contributed by atoms with E-state index in [4.69, 9.17) is 9.84 Å². The Morgan fingerprint density at radius 1 is 1.04 bits per heavy atom. The number of hydrogen-bond acceptors (Lipinski definition) is 2. The van der Waals surface area contributed by atoms with Gasteiger partial charge < -0.3 is 9.84 Å². The highest BCUT2D eigenvalue weighted by Crippen LogP contribution is 2.38. The van der Waals surface area contributed by atoms with E-state index in [2.05, 4.69) is 62.4 Å². The number of carboxylic acids is 1. The minimum Gasteiger partial charge on any atom is -0.485 e. The molecule has 0 spiro atoms. The topological polar surface area (TPSA) is 46.5 Å². The fraction of sp³-hybridized carbons (Fsp3) is 0.240. The van der Waals surface area contributed by atoms with E-state index in [1.54, 1.807) is 0 Å². The molecule has 1 aliphatic rings. The summed E-state index contributed by atoms with van der Waals surface area (Å²) < 4.78 is 6.21. The third-order valence-electron chi connectivity index (χ3n) is 5.46. The maximum Gasteiger partial charge on any atom is 0.303 e. The van der Waals surface area contributed by atoms with Crippen LogP contribution in [0.25, 0.3) is 11.1 Å². The first-order valence-corrected chi connectivity index (χ1v) is 9.68. The maximum atomic E-state index is 10.8. The highest BCUT2D eigenvalue weighted by atomic mass is 16.5. The third kappa shape index (κ3) is 3.65. The van der Waals surface area contributed by atoms with E-state index < -0.39 is 5.97 Å². The van der Waals surface area contributed by atoms with E-state index in [-0.39, 0.29) is 12.5 Å². The van der Waals surface area contributed by atoms with Gasteiger partial charge in [0.25, 0.3) is 0 Å². The zero-order chi connectivity index (χ0) is 19.7. The van der Waals surface area contributed by atoms with Gasteiger partial charge in [-0.15, -0.1) is 0 Å². The number of rotatable bonds is 5. The fourth-order valence-corrected chi connectivity index (χ4v) is 4.06. The molecule has 1 aliphatic heterocycles. The largest absolute Gasteiger partial charge is 0.485 e. The van der Waals surface area contributed by atoms with Crippen molar-refractivity contribution in [3.05, 3.63) is 88.5 Å². The van der Waals surface area contributed by atoms with Gasteiger partial charge in [-0.1, -0.05) is 48.5 Å². The van der Waals surface area contributed by atoms with Crippen LogP contribution in [0.1, 0.15) is 40.3 Å². The van der Waals surface area contributed by atoms with Gasteiger partial charge >= 0.3 is 5.97 Å². The molecule has 28 heavy (non-hydrogen) atoms. The summed E-state index contributed by atoms with van der Waals surface area (Å²) in [5.74, 6) is 0.138. The summed E-state index contributed by atoms with van der Waals surface area (Å²) in [7, 11) is 0. The third-order valence-corrected chi connectivity index (χ3v) is 5.46. The standard InChI is InChI=1S/C25H24O3/c1-16-5-3-6-17(2)25(16)20-8-4-7-19(14-20)23-15-21-13-18(10-12-24(26)27)9-11-22(21)28-23/h3-9,11,13-14,23H,10,12,15H2,1-2H3,(H,26,27). The molecule has 0 bridgehead atoms. The van der Waals surface area contributed by atoms with Crippen LogP contribution in [0.2, 0.25) is 0 Å². The highest BCUT2D eigenvalue weighted by Gasteiger charge is 2.25. The second kappa shape index (κ2) is 7.51. The smallest absolute Gasteiger partial charge is 0.303 e. The van der Waals surface area contributed by atoms with E-state index >= 15 is 0 Å². The number of hydrogen-bond donors (Lipinski definition) is 1. The molecule has 3 aromatic carbocycles. The summed E-state index contributed by atoms with van der Waals surface area (Å²) in [5, 5.41) is 8.89. The summed E-state index contributed by atoms with van der Waals surface area (Å²) in [5.41, 5.74) is 8.43. The lowest BCUT2D eigenvalue weighted by Crippen LogP contribution is -2.03. The summed E-state index contributed by atoms with van der Waals surface area (Å²) in [4.78, 5) is 10.8. The van der Waals surface area contributed by atoms with Crippen molar-refractivity contribution in [2.75, 3.05) is 0 Å². The second-order valence-electron chi connectivity index (χ2n) is 7.54. The van der Waals surface area contributed by atoms with Crippen molar-refractivity contribution in [2.45, 2.75) is 39.2 Å². The van der Waals surface area contributed by atoms with Crippen LogP contribution in [0.5, 0.6) is 5.75 Å². The van der Waals surface area contributed by atoms with Gasteiger partial charge in [-0.05, 0) is 71.3 Å². The van der Waals surface area contributed by atoms with Crippen LogP contribution in [0.4, 0.5) is 0 Å². The van der Waals surface area contributed by atoms with E-state index in [1.165, 1.54) is 27.8 Å². The molecule has 4 rings (SSSR count). The van der Waals surface area contributed by atoms with Crippen molar-refractivity contribution in [2.24, 2.45) is 0 Å². The van der Waals surface area contributed by atoms with Crippen LogP contribution in [-0.2, 0) is 17.6 Å². The summed E-state index contributed by atoms with van der Waals surface area (Å²) >= 11 is 0. The molecule has 3 heteroatoms. The number of fused-ring (bicyclic) bond motifs is 1. The first kappa shape index (κ1) is 18.3. The molecule has 3 aromatic rings. The van der Waals surface area contributed by atoms with Crippen LogP contribution in [0, 0.1) is 13.8 Å². The van der Waals surface area contributed by atoms with Gasteiger partial charge in [-0.3, -0.25) is 4.79 Å². The summed E-state index contributed by atoms with van der Waals surface area (Å²) in [6.45, 7) is 4.30. The molecule has 0 saturated heterocycles. The van der Waals surface area contributed by atoms with Crippen molar-refractivity contribution in [3.8, 4) is 16.9 Å². The molecule has 0 aromatic heterocycles. The van der Waals surface area contributed by atoms with Crippen molar-refractivity contribution >= 4 is 5.97 Å². The molecule has 1 heterocycles. The SMILES string of the molecule is Cc1cccc(C)c1-c1cccc(C2Cc3cc(CCC(=O)O)ccc3O2)c1.